The summed E-state index contributed by atoms with van der Waals surface area (Å²) in [6.45, 7) is 4.42. The van der Waals surface area contributed by atoms with Crippen LogP contribution in [0.15, 0.2) is 36.7 Å². The van der Waals surface area contributed by atoms with Gasteiger partial charge in [-0.25, -0.2) is 19.6 Å². The van der Waals surface area contributed by atoms with Gasteiger partial charge in [-0.3, -0.25) is 0 Å². The number of fused-ring (bicyclic) bond motifs is 2. The Bertz CT molecular complexity index is 1250. The molecule has 9 heteroatoms. The van der Waals surface area contributed by atoms with Crippen molar-refractivity contribution in [1.29, 1.82) is 0 Å². The SMILES string of the molecule is CCOc1ccc2cc(-c3nn(CC4(O)CCNCC4)c4ncnc(N)c34)ccc2n1. The zero-order chi connectivity index (χ0) is 21.4. The van der Waals surface area contributed by atoms with Crippen molar-refractivity contribution < 1.29 is 9.84 Å². The third-order valence-electron chi connectivity index (χ3n) is 5.77. The maximum Gasteiger partial charge on any atom is 0.213 e. The van der Waals surface area contributed by atoms with E-state index in [1.165, 1.54) is 6.33 Å². The number of anilines is 1. The molecule has 0 atom stereocenters. The second kappa shape index (κ2) is 7.75. The van der Waals surface area contributed by atoms with Gasteiger partial charge in [-0.05, 0) is 51.1 Å². The van der Waals surface area contributed by atoms with Crippen LogP contribution in [0.3, 0.4) is 0 Å². The molecule has 0 spiro atoms. The first-order valence-electron chi connectivity index (χ1n) is 10.5. The van der Waals surface area contributed by atoms with Crippen molar-refractivity contribution in [3.63, 3.8) is 0 Å². The lowest BCUT2D eigenvalue weighted by Gasteiger charge is -2.32. The van der Waals surface area contributed by atoms with Crippen molar-refractivity contribution in [2.24, 2.45) is 0 Å². The number of aliphatic hydroxyl groups is 1. The number of piperidine rings is 1. The molecule has 4 N–H and O–H groups in total. The highest BCUT2D eigenvalue weighted by molar-refractivity contribution is 5.99. The minimum Gasteiger partial charge on any atom is -0.478 e. The van der Waals surface area contributed by atoms with E-state index in [0.29, 0.717) is 54.4 Å². The van der Waals surface area contributed by atoms with Crippen LogP contribution < -0.4 is 15.8 Å². The summed E-state index contributed by atoms with van der Waals surface area (Å²) in [5.74, 6) is 0.971. The molecule has 5 rings (SSSR count). The van der Waals surface area contributed by atoms with Crippen LogP contribution in [0, 0.1) is 0 Å². The number of nitrogens with zero attached hydrogens (tertiary/aromatic N) is 5. The quantitative estimate of drug-likeness (QED) is 0.449. The molecule has 0 bridgehead atoms. The van der Waals surface area contributed by atoms with Gasteiger partial charge in [0.15, 0.2) is 5.65 Å². The van der Waals surface area contributed by atoms with E-state index in [9.17, 15) is 5.11 Å². The Morgan fingerprint density at radius 2 is 2.03 bits per heavy atom. The normalized spacial score (nSPS) is 16.1. The Labute approximate surface area is 179 Å². The number of hydrogen-bond acceptors (Lipinski definition) is 8. The molecule has 160 valence electrons. The average Bonchev–Trinajstić information content (AvgIpc) is 3.13. The lowest BCUT2D eigenvalue weighted by atomic mass is 9.92. The van der Waals surface area contributed by atoms with Crippen LogP contribution in [0.4, 0.5) is 5.82 Å². The number of ether oxygens (including phenoxy) is 1. The summed E-state index contributed by atoms with van der Waals surface area (Å²) < 4.78 is 7.26. The number of pyridine rings is 1. The molecule has 9 nitrogen and oxygen atoms in total. The van der Waals surface area contributed by atoms with Gasteiger partial charge in [0.1, 0.15) is 17.8 Å². The Morgan fingerprint density at radius 3 is 2.84 bits per heavy atom. The lowest BCUT2D eigenvalue weighted by Crippen LogP contribution is -2.45. The van der Waals surface area contributed by atoms with Gasteiger partial charge in [-0.1, -0.05) is 6.07 Å². The van der Waals surface area contributed by atoms with E-state index in [2.05, 4.69) is 20.3 Å². The van der Waals surface area contributed by atoms with Gasteiger partial charge in [-0.2, -0.15) is 5.10 Å². The molecule has 1 aliphatic rings. The van der Waals surface area contributed by atoms with Crippen molar-refractivity contribution in [3.8, 4) is 17.1 Å². The number of nitrogens with two attached hydrogens (primary N) is 1. The number of aromatic nitrogens is 5. The van der Waals surface area contributed by atoms with Crippen LogP contribution in [0.2, 0.25) is 0 Å². The van der Waals surface area contributed by atoms with Gasteiger partial charge < -0.3 is 20.9 Å². The van der Waals surface area contributed by atoms with E-state index in [-0.39, 0.29) is 0 Å². The van der Waals surface area contributed by atoms with Crippen LogP contribution in [0.25, 0.3) is 33.2 Å². The molecule has 0 aliphatic carbocycles. The Morgan fingerprint density at radius 1 is 1.19 bits per heavy atom. The molecule has 31 heavy (non-hydrogen) atoms. The van der Waals surface area contributed by atoms with E-state index in [1.54, 1.807) is 4.68 Å². The van der Waals surface area contributed by atoms with Crippen LogP contribution in [0.1, 0.15) is 19.8 Å². The smallest absolute Gasteiger partial charge is 0.213 e. The summed E-state index contributed by atoms with van der Waals surface area (Å²) in [5.41, 5.74) is 8.45. The van der Waals surface area contributed by atoms with Crippen LogP contribution >= 0.6 is 0 Å². The molecule has 0 amide bonds. The van der Waals surface area contributed by atoms with Crippen LogP contribution in [-0.4, -0.2) is 55.1 Å². The molecule has 0 saturated carbocycles. The van der Waals surface area contributed by atoms with Gasteiger partial charge >= 0.3 is 0 Å². The standard InChI is InChI=1S/C22H25N7O2/c1-2-31-17-6-4-14-11-15(3-5-16(14)27-17)19-18-20(23)25-13-26-21(18)29(28-19)12-22(30)7-9-24-10-8-22/h3-6,11,13,24,30H,2,7-10,12H2,1H3,(H2,23,25,26). The summed E-state index contributed by atoms with van der Waals surface area (Å²) in [6, 6.07) is 9.76. The Balaban J connectivity index is 1.60. The Kier molecular flexibility index (Phi) is 4.91. The predicted molar refractivity (Wildman–Crippen MR) is 119 cm³/mol. The third-order valence-corrected chi connectivity index (χ3v) is 5.77. The first-order chi connectivity index (χ1) is 15.1. The maximum absolute atomic E-state index is 11.0. The van der Waals surface area contributed by atoms with Crippen LogP contribution in [0.5, 0.6) is 5.88 Å². The van der Waals surface area contributed by atoms with E-state index < -0.39 is 5.60 Å². The first-order valence-corrected chi connectivity index (χ1v) is 10.5. The molecule has 3 aromatic heterocycles. The van der Waals surface area contributed by atoms with Crippen molar-refractivity contribution in [1.82, 2.24) is 30.0 Å². The molecule has 1 aromatic carbocycles. The van der Waals surface area contributed by atoms with Gasteiger partial charge in [0.05, 0.1) is 29.7 Å². The highest BCUT2D eigenvalue weighted by Gasteiger charge is 2.31. The fourth-order valence-electron chi connectivity index (χ4n) is 4.15. The summed E-state index contributed by atoms with van der Waals surface area (Å²) >= 11 is 0. The minimum atomic E-state index is -0.829. The van der Waals surface area contributed by atoms with Gasteiger partial charge in [-0.15, -0.1) is 0 Å². The highest BCUT2D eigenvalue weighted by atomic mass is 16.5. The lowest BCUT2D eigenvalue weighted by molar-refractivity contribution is -0.00724. The predicted octanol–water partition coefficient (Wildman–Crippen LogP) is 2.14. The molecule has 1 saturated heterocycles. The van der Waals surface area contributed by atoms with Crippen molar-refractivity contribution in [3.05, 3.63) is 36.7 Å². The number of hydrogen-bond donors (Lipinski definition) is 3. The molecule has 0 unspecified atom stereocenters. The monoisotopic (exact) mass is 419 g/mol. The number of benzene rings is 1. The number of rotatable bonds is 5. The zero-order valence-electron chi connectivity index (χ0n) is 17.4. The van der Waals surface area contributed by atoms with E-state index in [1.807, 2.05) is 37.3 Å². The molecule has 1 fully saturated rings. The van der Waals surface area contributed by atoms with Crippen molar-refractivity contribution in [2.45, 2.75) is 31.9 Å². The molecular formula is C22H25N7O2. The van der Waals surface area contributed by atoms with Gasteiger partial charge in [0.25, 0.3) is 0 Å². The topological polar surface area (TPSA) is 124 Å². The molecule has 4 aromatic rings. The zero-order valence-corrected chi connectivity index (χ0v) is 17.4. The highest BCUT2D eigenvalue weighted by Crippen LogP contribution is 2.33. The first kappa shape index (κ1) is 19.7. The fraction of sp³-hybridized carbons (Fsp3) is 0.364. The van der Waals surface area contributed by atoms with Gasteiger partial charge in [0, 0.05) is 17.0 Å². The molecule has 0 radical (unpaired) electrons. The van der Waals surface area contributed by atoms with Crippen LogP contribution in [-0.2, 0) is 6.54 Å². The Hall–Kier alpha value is -3.30. The minimum absolute atomic E-state index is 0.356. The molecule has 4 heterocycles. The van der Waals surface area contributed by atoms with E-state index in [4.69, 9.17) is 15.6 Å². The summed E-state index contributed by atoms with van der Waals surface area (Å²) in [7, 11) is 0. The average molecular weight is 419 g/mol. The van der Waals surface area contributed by atoms with E-state index in [0.717, 1.165) is 29.6 Å². The fourth-order valence-corrected chi connectivity index (χ4v) is 4.15. The summed E-state index contributed by atoms with van der Waals surface area (Å²) in [4.78, 5) is 13.1. The molecule has 1 aliphatic heterocycles. The second-order valence-electron chi connectivity index (χ2n) is 7.93. The molecular weight excluding hydrogens is 394 g/mol. The number of nitrogen functional groups attached to an aromatic ring is 1. The van der Waals surface area contributed by atoms with E-state index >= 15 is 0 Å². The number of nitrogens with one attached hydrogen (secondary N) is 1. The second-order valence-corrected chi connectivity index (χ2v) is 7.93. The van der Waals surface area contributed by atoms with Gasteiger partial charge in [0.2, 0.25) is 5.88 Å². The summed E-state index contributed by atoms with van der Waals surface area (Å²) in [6.07, 6.45) is 2.76. The largest absolute Gasteiger partial charge is 0.478 e. The van der Waals surface area contributed by atoms with Crippen molar-refractivity contribution >= 4 is 27.8 Å². The summed E-state index contributed by atoms with van der Waals surface area (Å²) in [5, 5.41) is 20.8. The maximum atomic E-state index is 11.0. The third kappa shape index (κ3) is 3.66. The van der Waals surface area contributed by atoms with Crippen molar-refractivity contribution in [2.75, 3.05) is 25.4 Å².